The molecule has 2 rings (SSSR count). The van der Waals surface area contributed by atoms with Crippen LogP contribution in [0.5, 0.6) is 0 Å². The second kappa shape index (κ2) is 4.37. The van der Waals surface area contributed by atoms with E-state index < -0.39 is 0 Å². The van der Waals surface area contributed by atoms with Gasteiger partial charge in [0.25, 0.3) is 0 Å². The lowest BCUT2D eigenvalue weighted by molar-refractivity contribution is 0.583. The lowest BCUT2D eigenvalue weighted by Gasteiger charge is -2.05. The first-order valence-electron chi connectivity index (χ1n) is 5.19. The molecular formula is C12H13FN4. The van der Waals surface area contributed by atoms with Crippen molar-refractivity contribution in [1.82, 2.24) is 9.78 Å². The second-order valence-corrected chi connectivity index (χ2v) is 3.87. The lowest BCUT2D eigenvalue weighted by Crippen LogP contribution is -2.12. The molecule has 0 atom stereocenters. The third-order valence-electron chi connectivity index (χ3n) is 2.47. The van der Waals surface area contributed by atoms with E-state index in [1.54, 1.807) is 23.0 Å². The Labute approximate surface area is 98.4 Å². The normalized spacial score (nSPS) is 10.5. The zero-order valence-electron chi connectivity index (χ0n) is 9.44. The minimum atomic E-state index is -0.370. The van der Waals surface area contributed by atoms with Crippen LogP contribution in [0.1, 0.15) is 16.8 Å². The molecule has 4 nitrogen and oxygen atoms in total. The van der Waals surface area contributed by atoms with E-state index in [1.165, 1.54) is 6.07 Å². The zero-order chi connectivity index (χ0) is 12.4. The quantitative estimate of drug-likeness (QED) is 0.624. The van der Waals surface area contributed by atoms with Gasteiger partial charge in [-0.05, 0) is 19.1 Å². The Morgan fingerprint density at radius 3 is 2.76 bits per heavy atom. The lowest BCUT2D eigenvalue weighted by atomic mass is 10.1. The second-order valence-electron chi connectivity index (χ2n) is 3.87. The third kappa shape index (κ3) is 2.50. The monoisotopic (exact) mass is 232 g/mol. The maximum absolute atomic E-state index is 13.7. The van der Waals surface area contributed by atoms with Crippen LogP contribution < -0.4 is 5.73 Å². The number of halogens is 1. The first-order chi connectivity index (χ1) is 8.06. The SMILES string of the molecule is Cc1ccn(Cc2ccc(C(=N)N)cc2F)n1. The number of nitrogen functional groups attached to an aromatic ring is 1. The van der Waals surface area contributed by atoms with Crippen molar-refractivity contribution < 1.29 is 4.39 Å². The van der Waals surface area contributed by atoms with Crippen molar-refractivity contribution in [2.75, 3.05) is 0 Å². The molecule has 1 heterocycles. The number of aromatic nitrogens is 2. The summed E-state index contributed by atoms with van der Waals surface area (Å²) in [6.45, 7) is 2.25. The molecule has 0 saturated heterocycles. The smallest absolute Gasteiger partial charge is 0.129 e. The molecule has 1 aromatic carbocycles. The molecule has 0 aliphatic heterocycles. The summed E-state index contributed by atoms with van der Waals surface area (Å²) in [4.78, 5) is 0. The molecule has 0 unspecified atom stereocenters. The van der Waals surface area contributed by atoms with Gasteiger partial charge in [-0.2, -0.15) is 5.10 Å². The van der Waals surface area contributed by atoms with Crippen LogP contribution in [-0.4, -0.2) is 15.6 Å². The van der Waals surface area contributed by atoms with E-state index in [9.17, 15) is 4.39 Å². The van der Waals surface area contributed by atoms with Crippen molar-refractivity contribution in [2.45, 2.75) is 13.5 Å². The highest BCUT2D eigenvalue weighted by Crippen LogP contribution is 2.11. The minimum Gasteiger partial charge on any atom is -0.384 e. The summed E-state index contributed by atoms with van der Waals surface area (Å²) < 4.78 is 15.4. The zero-order valence-corrected chi connectivity index (χ0v) is 9.44. The van der Waals surface area contributed by atoms with E-state index >= 15 is 0 Å². The van der Waals surface area contributed by atoms with Gasteiger partial charge in [0.1, 0.15) is 11.7 Å². The Hall–Kier alpha value is -2.17. The molecule has 0 fully saturated rings. The summed E-state index contributed by atoms with van der Waals surface area (Å²) in [7, 11) is 0. The van der Waals surface area contributed by atoms with Crippen molar-refractivity contribution in [3.05, 3.63) is 53.1 Å². The van der Waals surface area contributed by atoms with E-state index in [0.29, 0.717) is 17.7 Å². The highest BCUT2D eigenvalue weighted by molar-refractivity contribution is 5.94. The molecule has 0 bridgehead atoms. The summed E-state index contributed by atoms with van der Waals surface area (Å²) in [5.74, 6) is -0.503. The fourth-order valence-electron chi connectivity index (χ4n) is 1.57. The molecule has 0 aliphatic rings. The fraction of sp³-hybridized carbons (Fsp3) is 0.167. The van der Waals surface area contributed by atoms with Crippen molar-refractivity contribution in [2.24, 2.45) is 5.73 Å². The average Bonchev–Trinajstić information content (AvgIpc) is 2.67. The van der Waals surface area contributed by atoms with Crippen molar-refractivity contribution in [1.29, 1.82) is 5.41 Å². The van der Waals surface area contributed by atoms with E-state index in [4.69, 9.17) is 11.1 Å². The molecule has 5 heteroatoms. The molecule has 3 N–H and O–H groups in total. The number of nitrogens with zero attached hydrogens (tertiary/aromatic N) is 2. The number of aryl methyl sites for hydroxylation is 1. The van der Waals surface area contributed by atoms with Gasteiger partial charge in [0.2, 0.25) is 0 Å². The van der Waals surface area contributed by atoms with E-state index in [2.05, 4.69) is 5.10 Å². The molecule has 0 amide bonds. The number of nitrogens with one attached hydrogen (secondary N) is 1. The maximum atomic E-state index is 13.7. The number of nitrogens with two attached hydrogens (primary N) is 1. The van der Waals surface area contributed by atoms with Crippen LogP contribution in [0.4, 0.5) is 4.39 Å². The predicted octanol–water partition coefficient (Wildman–Crippen LogP) is 1.66. The Kier molecular flexibility index (Phi) is 2.91. The van der Waals surface area contributed by atoms with E-state index in [1.807, 2.05) is 13.0 Å². The predicted molar refractivity (Wildman–Crippen MR) is 63.5 cm³/mol. The van der Waals surface area contributed by atoms with Gasteiger partial charge < -0.3 is 5.73 Å². The highest BCUT2D eigenvalue weighted by Gasteiger charge is 2.06. The summed E-state index contributed by atoms with van der Waals surface area (Å²) in [6.07, 6.45) is 1.80. The Balaban J connectivity index is 2.25. The third-order valence-corrected chi connectivity index (χ3v) is 2.47. The Morgan fingerprint density at radius 1 is 1.47 bits per heavy atom. The van der Waals surface area contributed by atoms with Crippen molar-refractivity contribution >= 4 is 5.84 Å². The summed E-state index contributed by atoms with van der Waals surface area (Å²) in [5, 5.41) is 11.4. The largest absolute Gasteiger partial charge is 0.384 e. The number of hydrogen-bond donors (Lipinski definition) is 2. The molecule has 0 saturated carbocycles. The first-order valence-corrected chi connectivity index (χ1v) is 5.19. The van der Waals surface area contributed by atoms with Gasteiger partial charge in [-0.1, -0.05) is 12.1 Å². The minimum absolute atomic E-state index is 0.134. The number of amidine groups is 1. The van der Waals surface area contributed by atoms with Crippen LogP contribution in [0.3, 0.4) is 0 Å². The molecule has 2 aromatic rings. The topological polar surface area (TPSA) is 67.7 Å². The van der Waals surface area contributed by atoms with Crippen LogP contribution in [-0.2, 0) is 6.54 Å². The molecule has 0 aliphatic carbocycles. The van der Waals surface area contributed by atoms with Crippen LogP contribution in [0.15, 0.2) is 30.5 Å². The Morgan fingerprint density at radius 2 is 2.24 bits per heavy atom. The van der Waals surface area contributed by atoms with Crippen molar-refractivity contribution in [3.8, 4) is 0 Å². The van der Waals surface area contributed by atoms with Crippen LogP contribution in [0.2, 0.25) is 0 Å². The number of benzene rings is 1. The molecule has 88 valence electrons. The van der Waals surface area contributed by atoms with E-state index in [0.717, 1.165) is 5.69 Å². The fourth-order valence-corrected chi connectivity index (χ4v) is 1.57. The van der Waals surface area contributed by atoms with Crippen LogP contribution in [0, 0.1) is 18.2 Å². The molecule has 0 radical (unpaired) electrons. The van der Waals surface area contributed by atoms with Gasteiger partial charge in [0.15, 0.2) is 0 Å². The molecule has 1 aromatic heterocycles. The van der Waals surface area contributed by atoms with Gasteiger partial charge in [-0.15, -0.1) is 0 Å². The Bertz CT molecular complexity index is 559. The maximum Gasteiger partial charge on any atom is 0.129 e. The van der Waals surface area contributed by atoms with E-state index in [-0.39, 0.29) is 11.7 Å². The average molecular weight is 232 g/mol. The summed E-state index contributed by atoms with van der Waals surface area (Å²) in [6, 6.07) is 6.40. The van der Waals surface area contributed by atoms with Gasteiger partial charge in [-0.25, -0.2) is 4.39 Å². The van der Waals surface area contributed by atoms with Gasteiger partial charge in [0.05, 0.1) is 12.2 Å². The highest BCUT2D eigenvalue weighted by atomic mass is 19.1. The molecule has 17 heavy (non-hydrogen) atoms. The molecule has 0 spiro atoms. The van der Waals surface area contributed by atoms with Gasteiger partial charge in [0, 0.05) is 17.3 Å². The molecular weight excluding hydrogens is 219 g/mol. The van der Waals surface area contributed by atoms with Gasteiger partial charge in [-0.3, -0.25) is 10.1 Å². The van der Waals surface area contributed by atoms with Crippen LogP contribution in [0.25, 0.3) is 0 Å². The summed E-state index contributed by atoms with van der Waals surface area (Å²) >= 11 is 0. The first kappa shape index (κ1) is 11.3. The standard InChI is InChI=1S/C12H13FN4/c1-8-4-5-17(16-8)7-10-3-2-9(12(14)15)6-11(10)13/h2-6H,7H2,1H3,(H3,14,15). The number of rotatable bonds is 3. The number of hydrogen-bond acceptors (Lipinski definition) is 2. The van der Waals surface area contributed by atoms with Crippen molar-refractivity contribution in [3.63, 3.8) is 0 Å². The van der Waals surface area contributed by atoms with Crippen LogP contribution >= 0.6 is 0 Å². The summed E-state index contributed by atoms with van der Waals surface area (Å²) in [5.41, 5.74) is 7.10. The van der Waals surface area contributed by atoms with Gasteiger partial charge >= 0.3 is 0 Å².